The number of ether oxygens (including phenoxy) is 7. The highest BCUT2D eigenvalue weighted by Crippen LogP contribution is 2.50. The van der Waals surface area contributed by atoms with E-state index in [1.807, 2.05) is 42.9 Å². The second-order valence-corrected chi connectivity index (χ2v) is 25.2. The van der Waals surface area contributed by atoms with E-state index in [9.17, 15) is 29.1 Å². The summed E-state index contributed by atoms with van der Waals surface area (Å²) in [5, 5.41) is 33.8. The maximum Gasteiger partial charge on any atom is 0.409 e. The Labute approximate surface area is 516 Å². The van der Waals surface area contributed by atoms with Gasteiger partial charge in [0.1, 0.15) is 40.7 Å². The lowest BCUT2D eigenvalue weighted by molar-refractivity contribution is -0.170. The number of aliphatic hydroxyl groups is 1. The zero-order valence-electron chi connectivity index (χ0n) is 52.3. The molecule has 4 bridgehead atoms. The third kappa shape index (κ3) is 14.7. The van der Waals surface area contributed by atoms with Crippen molar-refractivity contribution in [2.45, 2.75) is 165 Å². The number of allylic oxidation sites excluding steroid dienone is 3. The number of esters is 1. The summed E-state index contributed by atoms with van der Waals surface area (Å²) >= 11 is 6.95. The number of aromatic nitrogens is 1. The van der Waals surface area contributed by atoms with Crippen LogP contribution in [0.3, 0.4) is 0 Å². The molecule has 23 heteroatoms. The lowest BCUT2D eigenvalue weighted by Crippen LogP contribution is -2.63. The minimum Gasteiger partial charge on any atom is -0.495 e. The van der Waals surface area contributed by atoms with Gasteiger partial charge in [0.2, 0.25) is 11.8 Å². The lowest BCUT2D eigenvalue weighted by Gasteiger charge is -2.44. The maximum atomic E-state index is 14.9. The highest BCUT2D eigenvalue weighted by Gasteiger charge is 2.64. The van der Waals surface area contributed by atoms with Gasteiger partial charge in [0.25, 0.3) is 0 Å². The number of benzene rings is 2. The molecule has 4 fully saturated rings. The number of hydrogen-bond acceptors (Lipinski definition) is 17. The van der Waals surface area contributed by atoms with Gasteiger partial charge in [0.05, 0.1) is 70.8 Å². The lowest BCUT2D eigenvalue weighted by atomic mass is 9.83. The second kappa shape index (κ2) is 28.4. The number of anilines is 1. The first-order chi connectivity index (χ1) is 41.6. The number of epoxide rings is 1. The van der Waals surface area contributed by atoms with Crippen LogP contribution in [-0.2, 0) is 67.1 Å². The Kier molecular flexibility index (Phi) is 21.5. The summed E-state index contributed by atoms with van der Waals surface area (Å²) < 4.78 is 44.2. The van der Waals surface area contributed by atoms with Crippen LogP contribution < -0.4 is 15.0 Å². The quantitative estimate of drug-likeness (QED) is 0.0437. The highest BCUT2D eigenvalue weighted by atomic mass is 35.5. The van der Waals surface area contributed by atoms with E-state index in [4.69, 9.17) is 49.9 Å². The van der Waals surface area contributed by atoms with E-state index in [2.05, 4.69) is 63.3 Å². The zero-order valence-corrected chi connectivity index (χ0v) is 53.1. The summed E-state index contributed by atoms with van der Waals surface area (Å²) in [6.45, 7) is 10.7. The summed E-state index contributed by atoms with van der Waals surface area (Å²) in [6, 6.07) is 11.5. The number of carboxylic acid groups (broad SMARTS) is 1. The first kappa shape index (κ1) is 65.8. The summed E-state index contributed by atoms with van der Waals surface area (Å²) in [5.41, 5.74) is 2.81. The van der Waals surface area contributed by atoms with Crippen LogP contribution in [0.15, 0.2) is 60.2 Å². The van der Waals surface area contributed by atoms with Crippen LogP contribution in [0.1, 0.15) is 115 Å². The monoisotopic (exact) mass is 1230 g/mol. The normalized spacial score (nSPS) is 28.4. The molecular formula is C64H91ClN8O14. The van der Waals surface area contributed by atoms with Crippen molar-refractivity contribution in [1.29, 1.82) is 0 Å². The predicted octanol–water partition coefficient (Wildman–Crippen LogP) is 7.27. The van der Waals surface area contributed by atoms with Crippen molar-refractivity contribution in [2.75, 3.05) is 93.4 Å². The van der Waals surface area contributed by atoms with Crippen LogP contribution in [0.25, 0.3) is 10.9 Å². The predicted molar refractivity (Wildman–Crippen MR) is 327 cm³/mol. The molecule has 2 aromatic carbocycles. The number of carbonyl (C=O) groups is 5. The molecule has 6 aliphatic rings. The van der Waals surface area contributed by atoms with Crippen LogP contribution in [-0.4, -0.2) is 206 Å². The average molecular weight is 1230 g/mol. The van der Waals surface area contributed by atoms with Crippen molar-refractivity contribution >= 4 is 58.0 Å². The van der Waals surface area contributed by atoms with Crippen LogP contribution in [0.4, 0.5) is 10.5 Å². The Balaban J connectivity index is 0.928. The molecular weight excluding hydrogens is 1140 g/mol. The van der Waals surface area contributed by atoms with Crippen LogP contribution in [0, 0.1) is 11.8 Å². The third-order valence-electron chi connectivity index (χ3n) is 19.2. The number of methoxy groups -OCH3 is 2. The van der Waals surface area contributed by atoms with E-state index in [1.165, 1.54) is 61.4 Å². The molecule has 1 saturated carbocycles. The number of fused-ring (bicyclic) bond motifs is 8. The Hall–Kier alpha value is -5.66. The fourth-order valence-electron chi connectivity index (χ4n) is 13.9. The number of para-hydroxylation sites is 1. The van der Waals surface area contributed by atoms with Gasteiger partial charge < -0.3 is 57.7 Å². The number of carboxylic acids is 1. The number of likely N-dealkylation sites (N-methyl/N-ethyl adjacent to an activating group) is 1. The Morgan fingerprint density at radius 3 is 2.39 bits per heavy atom. The number of hydrazine groups is 2. The number of nitrogens with one attached hydrogen (secondary N) is 1. The highest BCUT2D eigenvalue weighted by molar-refractivity contribution is 6.35. The molecule has 478 valence electrons. The number of nitrogens with zero attached hydrogens (tertiary/aromatic N) is 7. The topological polar surface area (TPSA) is 230 Å². The molecule has 0 spiro atoms. The number of rotatable bonds is 20. The van der Waals surface area contributed by atoms with Gasteiger partial charge >= 0.3 is 18.0 Å². The van der Waals surface area contributed by atoms with E-state index in [1.54, 1.807) is 39.1 Å². The Morgan fingerprint density at radius 1 is 0.977 bits per heavy atom. The summed E-state index contributed by atoms with van der Waals surface area (Å²) in [6.07, 6.45) is 7.10. The van der Waals surface area contributed by atoms with Crippen molar-refractivity contribution in [3.05, 3.63) is 82.0 Å². The van der Waals surface area contributed by atoms with Gasteiger partial charge in [-0.25, -0.2) is 24.8 Å². The molecule has 22 nitrogen and oxygen atoms in total. The molecule has 9 atom stereocenters. The van der Waals surface area contributed by atoms with Gasteiger partial charge in [-0.05, 0) is 82.6 Å². The van der Waals surface area contributed by atoms with Crippen LogP contribution in [0.2, 0.25) is 5.02 Å². The summed E-state index contributed by atoms with van der Waals surface area (Å²) in [4.78, 5) is 71.7. The molecule has 3 amide bonds. The molecule has 1 aromatic heterocycles. The van der Waals surface area contributed by atoms with Crippen LogP contribution >= 0.6 is 11.6 Å². The van der Waals surface area contributed by atoms with Gasteiger partial charge in [-0.2, -0.15) is 0 Å². The molecule has 3 saturated heterocycles. The molecule has 87 heavy (non-hydrogen) atoms. The zero-order chi connectivity index (χ0) is 62.5. The smallest absolute Gasteiger partial charge is 0.409 e. The number of piperidine rings is 1. The first-order valence-electron chi connectivity index (χ1n) is 30.8. The molecule has 6 heterocycles. The Bertz CT molecular complexity index is 3020. The molecule has 5 aliphatic heterocycles. The first-order valence-corrected chi connectivity index (χ1v) is 31.2. The largest absolute Gasteiger partial charge is 0.495 e. The van der Waals surface area contributed by atoms with Gasteiger partial charge in [-0.3, -0.25) is 24.5 Å². The second-order valence-electron chi connectivity index (χ2n) is 24.8. The molecule has 2 unspecified atom stereocenters. The molecule has 1 aliphatic carbocycles. The van der Waals surface area contributed by atoms with E-state index >= 15 is 0 Å². The molecule has 3 aromatic rings. The van der Waals surface area contributed by atoms with Gasteiger partial charge in [0.15, 0.2) is 5.72 Å². The average Bonchev–Trinajstić information content (AvgIpc) is 1.62. The Morgan fingerprint density at radius 2 is 1.69 bits per heavy atom. The van der Waals surface area contributed by atoms with Crippen molar-refractivity contribution < 1.29 is 67.3 Å². The SMILES string of the molecule is COc1cc2cc(c1Cl)N(C)C(=O)C[C@H](OC(=O)[C@@H](C)N(C)N(CCOCCOCCC(=O)O)C1CCN(C(=O)CCn3c4c(c5ccccc53)C(C3CCCC3)N(C)N(C)C4)CC1)[C@]1(C)OC1[C@H](C)[C@@H]1C[C@@](O)(NC(=O)O1)[C@H](OC)/C=C/C=C(\C)C2. The number of amides is 3. The van der Waals surface area contributed by atoms with Gasteiger partial charge in [-0.15, -0.1) is 0 Å². The minimum absolute atomic E-state index is 0.0614. The molecule has 3 N–H and O–H groups in total. The van der Waals surface area contributed by atoms with E-state index < -0.39 is 71.6 Å². The third-order valence-corrected chi connectivity index (χ3v) is 19.6. The van der Waals surface area contributed by atoms with Crippen molar-refractivity contribution in [1.82, 2.24) is 34.8 Å². The fourth-order valence-corrected chi connectivity index (χ4v) is 14.2. The molecule has 9 rings (SSSR count). The number of aryl methyl sites for hydroxylation is 1. The van der Waals surface area contributed by atoms with E-state index in [0.717, 1.165) is 23.2 Å². The number of halogens is 1. The van der Waals surface area contributed by atoms with Crippen LogP contribution in [0.5, 0.6) is 5.75 Å². The summed E-state index contributed by atoms with van der Waals surface area (Å²) in [5.74, 6) is -1.57. The number of alkyl carbamates (subject to hydrolysis) is 1. The number of carbonyl (C=O) groups excluding carboxylic acids is 4. The van der Waals surface area contributed by atoms with Gasteiger partial charge in [0, 0.05) is 108 Å². The fraction of sp³-hybridized carbons (Fsp3) is 0.641. The maximum absolute atomic E-state index is 14.9. The minimum atomic E-state index is -1.87. The molecule has 0 radical (unpaired) electrons. The van der Waals surface area contributed by atoms with E-state index in [0.29, 0.717) is 69.2 Å². The van der Waals surface area contributed by atoms with Gasteiger partial charge in [-0.1, -0.05) is 73.4 Å². The van der Waals surface area contributed by atoms with Crippen molar-refractivity contribution in [2.24, 2.45) is 11.8 Å². The number of hydrogen-bond donors (Lipinski definition) is 3. The standard InChI is InChI=1S/C64H91ClN8O14/c1-40-16-15-21-52(82-10)64(80)38-51(85-62(79)66-64)41(2)60-63(4,87-60)53(37-55(75)68(6)48-35-43(34-40)36-50(81-9)58(48)65)86-61(78)42(3)69(7)73(29-31-84-33-32-83-30-25-56(76)77)45-22-26-71(27-23-45)54(74)24-28-72-47-20-14-13-19-46(47)57-49(72)39-67(5)70(8)59(57)44-17-11-12-18-44/h13-16,19-21,35-36,41-42,44-45,51-53,59-60,80H,11-12,17-18,22-34,37-39H2,1-10H3,(H,66,79)(H,76,77)/b21-15+,40-16+/t41-,42-,51+,52-,53+,59?,60?,63+,64+/m1/s1. The van der Waals surface area contributed by atoms with Crippen molar-refractivity contribution in [3.8, 4) is 5.75 Å². The number of likely N-dealkylation sites (tertiary alicyclic amines) is 1. The summed E-state index contributed by atoms with van der Waals surface area (Å²) in [7, 11) is 10.7. The van der Waals surface area contributed by atoms with E-state index in [-0.39, 0.29) is 68.7 Å². The van der Waals surface area contributed by atoms with Crippen molar-refractivity contribution in [3.63, 3.8) is 0 Å². The number of aliphatic carboxylic acids is 1.